The molecular weight excluding hydrogens is 408 g/mol. The quantitative estimate of drug-likeness (QED) is 0.377. The molecule has 3 saturated heterocycles. The molecule has 0 bridgehead atoms. The first-order valence-corrected chi connectivity index (χ1v) is 12.7. The van der Waals surface area contributed by atoms with Crippen LogP contribution in [0.1, 0.15) is 53.4 Å². The first-order chi connectivity index (χ1) is 15.3. The molecule has 0 aromatic rings. The van der Waals surface area contributed by atoms with Gasteiger partial charge < -0.3 is 23.7 Å². The summed E-state index contributed by atoms with van der Waals surface area (Å²) >= 11 is 0. The molecule has 0 amide bonds. The van der Waals surface area contributed by atoms with Crippen LogP contribution in [0.3, 0.4) is 0 Å². The van der Waals surface area contributed by atoms with Crippen molar-refractivity contribution in [1.82, 2.24) is 0 Å². The third-order valence-electron chi connectivity index (χ3n) is 11.0. The number of allylic oxidation sites excluding steroid dienone is 1. The average molecular weight is 445 g/mol. The van der Waals surface area contributed by atoms with Crippen molar-refractivity contribution in [3.05, 3.63) is 12.2 Å². The van der Waals surface area contributed by atoms with Gasteiger partial charge in [0.05, 0.1) is 19.3 Å². The summed E-state index contributed by atoms with van der Waals surface area (Å²) in [5.74, 6) is 2.63. The van der Waals surface area contributed by atoms with Gasteiger partial charge in [-0.1, -0.05) is 32.9 Å². The van der Waals surface area contributed by atoms with Crippen LogP contribution in [0.2, 0.25) is 0 Å². The molecule has 12 atom stereocenters. The van der Waals surface area contributed by atoms with Crippen LogP contribution >= 0.6 is 0 Å². The van der Waals surface area contributed by atoms with E-state index in [1.165, 1.54) is 32.6 Å². The lowest BCUT2D eigenvalue weighted by atomic mass is 9.46. The average Bonchev–Trinajstić information content (AvgIpc) is 3.60. The van der Waals surface area contributed by atoms with E-state index in [-0.39, 0.29) is 47.7 Å². The molecule has 0 aromatic carbocycles. The summed E-state index contributed by atoms with van der Waals surface area (Å²) in [6, 6.07) is 0. The molecule has 176 valence electrons. The minimum Gasteiger partial charge on any atom is -0.457 e. The van der Waals surface area contributed by atoms with Gasteiger partial charge in [0.15, 0.2) is 12.4 Å². The summed E-state index contributed by atoms with van der Waals surface area (Å²) in [4.78, 5) is 11.7. The fourth-order valence-corrected chi connectivity index (χ4v) is 9.50. The SMILES string of the molecule is CC(=O)O[C@H]1[C@@H]2O[C@@H]2[C@]2(C)[C@H]3CC[C@]4(C)[C@@H](C(C)C5OCCO5)CC[C@H]4[C@@H]3C=C[C@]23O[C@H]13. The zero-order chi connectivity index (χ0) is 22.0. The van der Waals surface area contributed by atoms with E-state index >= 15 is 0 Å². The molecule has 6 fully saturated rings. The third-order valence-corrected chi connectivity index (χ3v) is 11.0. The Labute approximate surface area is 190 Å². The molecule has 7 rings (SSSR count). The first kappa shape index (κ1) is 20.4. The Balaban J connectivity index is 1.19. The smallest absolute Gasteiger partial charge is 0.303 e. The van der Waals surface area contributed by atoms with Crippen molar-refractivity contribution in [1.29, 1.82) is 0 Å². The van der Waals surface area contributed by atoms with E-state index in [2.05, 4.69) is 32.9 Å². The first-order valence-electron chi connectivity index (χ1n) is 12.7. The highest BCUT2D eigenvalue weighted by molar-refractivity contribution is 5.66. The van der Waals surface area contributed by atoms with Gasteiger partial charge in [0.1, 0.15) is 17.8 Å². The predicted molar refractivity (Wildman–Crippen MR) is 114 cm³/mol. The maximum atomic E-state index is 11.7. The zero-order valence-electron chi connectivity index (χ0n) is 19.6. The van der Waals surface area contributed by atoms with E-state index < -0.39 is 0 Å². The lowest BCUT2D eigenvalue weighted by Crippen LogP contribution is -2.60. The number of fused-ring (bicyclic) bond motifs is 6. The molecule has 6 nitrogen and oxygen atoms in total. The lowest BCUT2D eigenvalue weighted by molar-refractivity contribution is -0.149. The monoisotopic (exact) mass is 444 g/mol. The number of carbonyl (C=O) groups is 1. The van der Waals surface area contributed by atoms with Crippen molar-refractivity contribution in [3.8, 4) is 0 Å². The van der Waals surface area contributed by atoms with Gasteiger partial charge in [-0.2, -0.15) is 0 Å². The summed E-state index contributed by atoms with van der Waals surface area (Å²) in [6.07, 6.45) is 9.60. The highest BCUT2D eigenvalue weighted by Crippen LogP contribution is 2.75. The molecular formula is C26H36O6. The fourth-order valence-electron chi connectivity index (χ4n) is 9.50. The van der Waals surface area contributed by atoms with Gasteiger partial charge in [0.25, 0.3) is 0 Å². The summed E-state index contributed by atoms with van der Waals surface area (Å²) < 4.78 is 30.2. The van der Waals surface area contributed by atoms with Crippen LogP contribution in [0.5, 0.6) is 0 Å². The van der Waals surface area contributed by atoms with Crippen LogP contribution in [-0.2, 0) is 28.5 Å². The van der Waals surface area contributed by atoms with E-state index in [0.717, 1.165) is 13.2 Å². The van der Waals surface area contributed by atoms with Crippen LogP contribution in [0, 0.1) is 40.4 Å². The Morgan fingerprint density at radius 2 is 1.88 bits per heavy atom. The van der Waals surface area contributed by atoms with Crippen molar-refractivity contribution < 1.29 is 28.5 Å². The van der Waals surface area contributed by atoms with E-state index in [1.807, 2.05) is 0 Å². The Morgan fingerprint density at radius 1 is 1.09 bits per heavy atom. The molecule has 1 unspecified atom stereocenters. The summed E-state index contributed by atoms with van der Waals surface area (Å²) in [7, 11) is 0. The van der Waals surface area contributed by atoms with Crippen LogP contribution in [-0.4, -0.2) is 55.5 Å². The van der Waals surface area contributed by atoms with E-state index in [4.69, 9.17) is 23.7 Å². The van der Waals surface area contributed by atoms with E-state index in [1.54, 1.807) is 0 Å². The van der Waals surface area contributed by atoms with Gasteiger partial charge in [-0.25, -0.2) is 0 Å². The molecule has 0 aromatic heterocycles. The Kier molecular flexibility index (Phi) is 4.07. The van der Waals surface area contributed by atoms with Gasteiger partial charge >= 0.3 is 5.97 Å². The number of hydrogen-bond donors (Lipinski definition) is 0. The van der Waals surface area contributed by atoms with Crippen molar-refractivity contribution in [2.45, 2.75) is 89.7 Å². The number of ether oxygens (including phenoxy) is 5. The zero-order valence-corrected chi connectivity index (χ0v) is 19.6. The van der Waals surface area contributed by atoms with E-state index in [0.29, 0.717) is 35.0 Å². The van der Waals surface area contributed by atoms with Crippen LogP contribution in [0.4, 0.5) is 0 Å². The van der Waals surface area contributed by atoms with Gasteiger partial charge in [0.2, 0.25) is 0 Å². The highest BCUT2D eigenvalue weighted by atomic mass is 16.7. The summed E-state index contributed by atoms with van der Waals surface area (Å²) in [6.45, 7) is 10.2. The molecule has 0 radical (unpaired) electrons. The predicted octanol–water partition coefficient (Wildman–Crippen LogP) is 3.48. The maximum absolute atomic E-state index is 11.7. The largest absolute Gasteiger partial charge is 0.457 e. The van der Waals surface area contributed by atoms with Gasteiger partial charge in [-0.3, -0.25) is 4.79 Å². The molecule has 6 heteroatoms. The van der Waals surface area contributed by atoms with Gasteiger partial charge in [-0.15, -0.1) is 0 Å². The molecule has 32 heavy (non-hydrogen) atoms. The molecule has 4 aliphatic carbocycles. The lowest BCUT2D eigenvalue weighted by Gasteiger charge is -2.57. The van der Waals surface area contributed by atoms with Crippen LogP contribution in [0.25, 0.3) is 0 Å². The topological polar surface area (TPSA) is 69.8 Å². The summed E-state index contributed by atoms with van der Waals surface area (Å²) in [5, 5.41) is 0. The van der Waals surface area contributed by atoms with Crippen LogP contribution < -0.4 is 0 Å². The minimum absolute atomic E-state index is 0.00185. The maximum Gasteiger partial charge on any atom is 0.303 e. The second-order valence-electron chi connectivity index (χ2n) is 12.1. The minimum atomic E-state index is -0.323. The van der Waals surface area contributed by atoms with Gasteiger partial charge in [-0.05, 0) is 54.8 Å². The van der Waals surface area contributed by atoms with Crippen molar-refractivity contribution >= 4 is 5.97 Å². The van der Waals surface area contributed by atoms with Crippen molar-refractivity contribution in [2.24, 2.45) is 40.4 Å². The third kappa shape index (κ3) is 2.33. The highest BCUT2D eigenvalue weighted by Gasteiger charge is 2.85. The normalized spacial score (nSPS) is 58.1. The second kappa shape index (κ2) is 6.38. The molecule has 3 aliphatic heterocycles. The van der Waals surface area contributed by atoms with Crippen molar-refractivity contribution in [3.63, 3.8) is 0 Å². The Hall–Kier alpha value is -0.950. The number of esters is 1. The number of rotatable bonds is 3. The van der Waals surface area contributed by atoms with Gasteiger partial charge in [0, 0.05) is 18.3 Å². The molecule has 3 saturated carbocycles. The fraction of sp³-hybridized carbons (Fsp3) is 0.885. The number of hydrogen-bond acceptors (Lipinski definition) is 6. The molecule has 0 N–H and O–H groups in total. The van der Waals surface area contributed by atoms with E-state index in [9.17, 15) is 4.79 Å². The molecule has 7 aliphatic rings. The Bertz CT molecular complexity index is 866. The summed E-state index contributed by atoms with van der Waals surface area (Å²) in [5.41, 5.74) is -0.0404. The number of epoxide rings is 2. The standard InChI is InChI=1S/C26H36O6/c1-13(23-28-11-12-29-23)16-5-6-17-15-7-10-26-22(32-26)20(30-14(2)27)19-21(31-19)25(26,4)18(15)8-9-24(16,17)3/h7,10,13,15-23H,5-6,8-9,11-12H2,1-4H3/t13?,15-,16+,17-,18-,19-,20-,21-,22+,24+,25-,26+/m0/s1. The molecule has 3 heterocycles. The Morgan fingerprint density at radius 3 is 2.62 bits per heavy atom. The van der Waals surface area contributed by atoms with Crippen molar-refractivity contribution in [2.75, 3.05) is 13.2 Å². The number of carbonyl (C=O) groups excluding carboxylic acids is 1. The second-order valence-corrected chi connectivity index (χ2v) is 12.1. The molecule has 1 spiro atoms. The van der Waals surface area contributed by atoms with Crippen LogP contribution in [0.15, 0.2) is 12.2 Å².